The van der Waals surface area contributed by atoms with E-state index in [0.29, 0.717) is 4.90 Å². The Labute approximate surface area is 101 Å². The molecule has 1 atom stereocenters. The van der Waals surface area contributed by atoms with E-state index in [4.69, 9.17) is 9.89 Å². The second-order valence-electron chi connectivity index (χ2n) is 3.17. The van der Waals surface area contributed by atoms with Crippen molar-refractivity contribution in [2.75, 3.05) is 14.1 Å². The topological polar surface area (TPSA) is 81.5 Å². The van der Waals surface area contributed by atoms with E-state index in [1.807, 2.05) is 0 Å². The van der Waals surface area contributed by atoms with Crippen LogP contribution in [0, 0.1) is 4.78 Å². The van der Waals surface area contributed by atoms with E-state index < -0.39 is 15.9 Å². The zero-order valence-electron chi connectivity index (χ0n) is 8.84. The number of hydrogen-bond donors (Lipinski definition) is 2. The molecule has 1 unspecified atom stereocenters. The van der Waals surface area contributed by atoms with Gasteiger partial charge in [-0.05, 0) is 24.3 Å². The van der Waals surface area contributed by atoms with Crippen molar-refractivity contribution in [3.63, 3.8) is 0 Å². The summed E-state index contributed by atoms with van der Waals surface area (Å²) in [7, 11) is 0.105. The Bertz CT molecular complexity index is 468. The number of carboxylic acids is 1. The molecule has 0 fully saturated rings. The van der Waals surface area contributed by atoms with Gasteiger partial charge in [0.1, 0.15) is 9.92 Å². The van der Waals surface area contributed by atoms with Gasteiger partial charge in [0.2, 0.25) is 0 Å². The minimum absolute atomic E-state index is 0. The van der Waals surface area contributed by atoms with Crippen molar-refractivity contribution < 1.29 is 14.1 Å². The van der Waals surface area contributed by atoms with E-state index in [-0.39, 0.29) is 18.0 Å². The van der Waals surface area contributed by atoms with Gasteiger partial charge < -0.3 is 5.11 Å². The summed E-state index contributed by atoms with van der Waals surface area (Å²) in [5, 5.41) is 8.66. The average molecular weight is 265 g/mol. The van der Waals surface area contributed by atoms with Crippen LogP contribution in [0.15, 0.2) is 29.2 Å². The van der Waals surface area contributed by atoms with Crippen LogP contribution in [0.2, 0.25) is 0 Å². The maximum absolute atomic E-state index is 11.8. The Hall–Kier alpha value is -1.11. The minimum atomic E-state index is -2.98. The molecule has 0 aliphatic carbocycles. The lowest BCUT2D eigenvalue weighted by molar-refractivity contribution is 0.0697. The molecule has 16 heavy (non-hydrogen) atoms. The number of halogens is 1. The fourth-order valence-corrected chi connectivity index (χ4v) is 1.92. The molecule has 1 rings (SSSR count). The predicted molar refractivity (Wildman–Crippen MR) is 63.5 cm³/mol. The summed E-state index contributed by atoms with van der Waals surface area (Å²) in [4.78, 5) is 10.9. The van der Waals surface area contributed by atoms with Crippen molar-refractivity contribution in [2.24, 2.45) is 0 Å². The van der Waals surface area contributed by atoms with Crippen LogP contribution in [0.25, 0.3) is 0 Å². The van der Waals surface area contributed by atoms with Crippen LogP contribution in [0.4, 0.5) is 0 Å². The lowest BCUT2D eigenvalue weighted by Crippen LogP contribution is -2.20. The summed E-state index contributed by atoms with van der Waals surface area (Å²) < 4.78 is 20.7. The maximum Gasteiger partial charge on any atom is 0.335 e. The first kappa shape index (κ1) is 14.9. The van der Waals surface area contributed by atoms with Gasteiger partial charge in [-0.2, -0.15) is 0 Å². The Morgan fingerprint density at radius 1 is 1.31 bits per heavy atom. The Morgan fingerprint density at radius 3 is 2.06 bits per heavy atom. The summed E-state index contributed by atoms with van der Waals surface area (Å²) in [6, 6.07) is 5.49. The van der Waals surface area contributed by atoms with Crippen LogP contribution in [0.1, 0.15) is 10.4 Å². The highest BCUT2D eigenvalue weighted by Crippen LogP contribution is 2.14. The minimum Gasteiger partial charge on any atom is -0.478 e. The molecule has 0 bridgehead atoms. The Kier molecular flexibility index (Phi) is 4.92. The molecule has 0 aliphatic rings. The number of aromatic carboxylic acids is 1. The fourth-order valence-electron chi connectivity index (χ4n) is 0.993. The molecule has 2 N–H and O–H groups in total. The molecule has 0 radical (unpaired) electrons. The Balaban J connectivity index is 0.00000225. The van der Waals surface area contributed by atoms with E-state index >= 15 is 0 Å². The number of carbonyl (C=O) groups is 1. The highest BCUT2D eigenvalue weighted by Gasteiger charge is 2.13. The van der Waals surface area contributed by atoms with Crippen molar-refractivity contribution in [3.8, 4) is 0 Å². The molecule has 0 heterocycles. The zero-order chi connectivity index (χ0) is 11.6. The van der Waals surface area contributed by atoms with Gasteiger partial charge in [-0.15, -0.1) is 12.4 Å². The number of benzene rings is 1. The van der Waals surface area contributed by atoms with E-state index in [1.165, 1.54) is 28.6 Å². The molecule has 5 nitrogen and oxygen atoms in total. The molecule has 1 aromatic carbocycles. The van der Waals surface area contributed by atoms with Crippen molar-refractivity contribution in [2.45, 2.75) is 4.90 Å². The standard InChI is InChI=1S/C9H12N2O3S.ClH/c1-11(2)15(10,14)8-5-3-7(4-6-8)9(12)13;/h3-6,10H,1-2H3,(H,12,13);1H. The molecule has 0 amide bonds. The molecule has 0 saturated carbocycles. The third-order valence-corrected chi connectivity index (χ3v) is 3.87. The summed E-state index contributed by atoms with van der Waals surface area (Å²) >= 11 is 0. The first-order valence-corrected chi connectivity index (χ1v) is 5.67. The summed E-state index contributed by atoms with van der Waals surface area (Å²) in [5.74, 6) is -1.04. The van der Waals surface area contributed by atoms with Gasteiger partial charge in [0.25, 0.3) is 0 Å². The van der Waals surface area contributed by atoms with Gasteiger partial charge in [0.15, 0.2) is 0 Å². The molecule has 90 valence electrons. The molecule has 7 heteroatoms. The predicted octanol–water partition coefficient (Wildman–Crippen LogP) is 1.69. The van der Waals surface area contributed by atoms with Gasteiger partial charge in [-0.1, -0.05) is 0 Å². The van der Waals surface area contributed by atoms with Crippen LogP contribution in [-0.4, -0.2) is 33.7 Å². The van der Waals surface area contributed by atoms with Crippen LogP contribution >= 0.6 is 12.4 Å². The van der Waals surface area contributed by atoms with Crippen LogP contribution < -0.4 is 0 Å². The fraction of sp³-hybridized carbons (Fsp3) is 0.222. The monoisotopic (exact) mass is 264 g/mol. The second kappa shape index (κ2) is 5.29. The quantitative estimate of drug-likeness (QED) is 0.872. The van der Waals surface area contributed by atoms with Crippen molar-refractivity contribution in [3.05, 3.63) is 29.8 Å². The highest BCUT2D eigenvalue weighted by molar-refractivity contribution is 7.90. The highest BCUT2D eigenvalue weighted by atomic mass is 35.5. The Morgan fingerprint density at radius 2 is 1.75 bits per heavy atom. The molecule has 0 spiro atoms. The van der Waals surface area contributed by atoms with Crippen molar-refractivity contribution in [1.82, 2.24) is 4.31 Å². The second-order valence-corrected chi connectivity index (χ2v) is 5.42. The summed E-state index contributed by atoms with van der Waals surface area (Å²) in [6.45, 7) is 0. The smallest absolute Gasteiger partial charge is 0.335 e. The normalized spacial score (nSPS) is 13.9. The molecule has 1 aromatic rings. The largest absolute Gasteiger partial charge is 0.478 e. The van der Waals surface area contributed by atoms with Gasteiger partial charge >= 0.3 is 5.97 Å². The van der Waals surface area contributed by atoms with E-state index in [0.717, 1.165) is 0 Å². The SMILES string of the molecule is CN(C)S(=N)(=O)c1ccc(C(=O)O)cc1.Cl. The average Bonchev–Trinajstić information content (AvgIpc) is 2.17. The van der Waals surface area contributed by atoms with E-state index in [1.54, 1.807) is 14.1 Å². The lowest BCUT2D eigenvalue weighted by atomic mass is 10.2. The van der Waals surface area contributed by atoms with Gasteiger partial charge in [0, 0.05) is 14.1 Å². The van der Waals surface area contributed by atoms with Crippen LogP contribution in [0.5, 0.6) is 0 Å². The van der Waals surface area contributed by atoms with Crippen LogP contribution in [0.3, 0.4) is 0 Å². The molecule has 0 saturated heterocycles. The van der Waals surface area contributed by atoms with Gasteiger partial charge in [-0.3, -0.25) is 0 Å². The third kappa shape index (κ3) is 2.94. The molecule has 0 aromatic heterocycles. The number of rotatable bonds is 3. The molecular weight excluding hydrogens is 252 g/mol. The van der Waals surface area contributed by atoms with Crippen molar-refractivity contribution >= 4 is 28.3 Å². The van der Waals surface area contributed by atoms with Gasteiger partial charge in [-0.25, -0.2) is 18.1 Å². The lowest BCUT2D eigenvalue weighted by Gasteiger charge is -2.14. The first-order valence-electron chi connectivity index (χ1n) is 4.15. The zero-order valence-corrected chi connectivity index (χ0v) is 10.5. The summed E-state index contributed by atoms with van der Waals surface area (Å²) in [6.07, 6.45) is 0. The molecule has 0 aliphatic heterocycles. The number of nitrogens with one attached hydrogen (secondary N) is 1. The van der Waals surface area contributed by atoms with Crippen LogP contribution in [-0.2, 0) is 9.92 Å². The molecular formula is C9H13ClN2O3S. The first-order chi connectivity index (χ1) is 6.85. The van der Waals surface area contributed by atoms with E-state index in [9.17, 15) is 9.00 Å². The van der Waals surface area contributed by atoms with E-state index in [2.05, 4.69) is 0 Å². The third-order valence-electron chi connectivity index (χ3n) is 1.93. The van der Waals surface area contributed by atoms with Crippen molar-refractivity contribution in [1.29, 1.82) is 4.78 Å². The number of carboxylic acid groups (broad SMARTS) is 1. The number of nitrogens with zero attached hydrogens (tertiary/aromatic N) is 1. The summed E-state index contributed by atoms with van der Waals surface area (Å²) in [5.41, 5.74) is 0.118. The maximum atomic E-state index is 11.8. The number of hydrogen-bond acceptors (Lipinski definition) is 3. The van der Waals surface area contributed by atoms with Gasteiger partial charge in [0.05, 0.1) is 10.5 Å².